The first kappa shape index (κ1) is 13.6. The molecule has 0 unspecified atom stereocenters. The molecule has 98 valence electrons. The highest BCUT2D eigenvalue weighted by Gasteiger charge is 2.13. The predicted octanol–water partition coefficient (Wildman–Crippen LogP) is 3.53. The second-order valence-electron chi connectivity index (χ2n) is 3.98. The van der Waals surface area contributed by atoms with Crippen LogP contribution in [0.5, 0.6) is 0 Å². The summed E-state index contributed by atoms with van der Waals surface area (Å²) in [5, 5.41) is 3.19. The van der Waals surface area contributed by atoms with Crippen LogP contribution in [-0.2, 0) is 0 Å². The average Bonchev–Trinajstić information content (AvgIpc) is 2.37. The third-order valence-electron chi connectivity index (χ3n) is 2.59. The average molecular weight is 296 g/mol. The van der Waals surface area contributed by atoms with Crippen LogP contribution in [0.4, 0.5) is 11.5 Å². The van der Waals surface area contributed by atoms with Crippen LogP contribution >= 0.6 is 23.2 Å². The van der Waals surface area contributed by atoms with E-state index in [0.29, 0.717) is 22.1 Å². The van der Waals surface area contributed by atoms with E-state index < -0.39 is 0 Å². The normalized spacial score (nSPS) is 10.3. The summed E-state index contributed by atoms with van der Waals surface area (Å²) in [6, 6.07) is 6.55. The molecule has 19 heavy (non-hydrogen) atoms. The van der Waals surface area contributed by atoms with Crippen molar-refractivity contribution in [3.8, 4) is 0 Å². The highest BCUT2D eigenvalue weighted by Crippen LogP contribution is 2.26. The largest absolute Gasteiger partial charge is 0.397 e. The Kier molecular flexibility index (Phi) is 3.93. The molecular weight excluding hydrogens is 285 g/mol. The van der Waals surface area contributed by atoms with Crippen molar-refractivity contribution in [3.05, 3.63) is 51.6 Å². The second kappa shape index (κ2) is 5.47. The van der Waals surface area contributed by atoms with Gasteiger partial charge in [-0.15, -0.1) is 0 Å². The number of carbonyl (C=O) groups is 1. The van der Waals surface area contributed by atoms with Gasteiger partial charge in [0.2, 0.25) is 0 Å². The molecule has 1 heterocycles. The zero-order chi connectivity index (χ0) is 14.0. The van der Waals surface area contributed by atoms with Crippen molar-refractivity contribution in [3.63, 3.8) is 0 Å². The first-order valence-corrected chi connectivity index (χ1v) is 6.22. The fourth-order valence-corrected chi connectivity index (χ4v) is 1.88. The number of pyridine rings is 1. The van der Waals surface area contributed by atoms with Gasteiger partial charge in [-0.25, -0.2) is 4.98 Å². The van der Waals surface area contributed by atoms with Crippen LogP contribution in [0.15, 0.2) is 30.5 Å². The van der Waals surface area contributed by atoms with Crippen LogP contribution in [0.3, 0.4) is 0 Å². The van der Waals surface area contributed by atoms with E-state index >= 15 is 0 Å². The van der Waals surface area contributed by atoms with Gasteiger partial charge in [0, 0.05) is 0 Å². The molecule has 0 atom stereocenters. The number of nitrogens with two attached hydrogens (primary N) is 1. The lowest BCUT2D eigenvalue weighted by Gasteiger charge is -2.08. The maximum Gasteiger partial charge on any atom is 0.258 e. The van der Waals surface area contributed by atoms with E-state index in [0.717, 1.165) is 5.56 Å². The van der Waals surface area contributed by atoms with Crippen molar-refractivity contribution in [2.75, 3.05) is 11.1 Å². The van der Waals surface area contributed by atoms with Gasteiger partial charge in [-0.2, -0.15) is 0 Å². The van der Waals surface area contributed by atoms with E-state index in [9.17, 15) is 4.79 Å². The summed E-state index contributed by atoms with van der Waals surface area (Å²) in [6.45, 7) is 1.83. The maximum atomic E-state index is 12.1. The number of halogens is 2. The number of rotatable bonds is 2. The van der Waals surface area contributed by atoms with Gasteiger partial charge in [0.15, 0.2) is 0 Å². The zero-order valence-electron chi connectivity index (χ0n) is 10.1. The number of hydrogen-bond acceptors (Lipinski definition) is 3. The smallest absolute Gasteiger partial charge is 0.258 e. The number of anilines is 2. The summed E-state index contributed by atoms with van der Waals surface area (Å²) in [7, 11) is 0. The molecule has 2 aromatic rings. The van der Waals surface area contributed by atoms with Crippen LogP contribution in [0.2, 0.25) is 10.0 Å². The second-order valence-corrected chi connectivity index (χ2v) is 4.77. The number of aryl methyl sites for hydroxylation is 1. The maximum absolute atomic E-state index is 12.1. The highest BCUT2D eigenvalue weighted by atomic mass is 35.5. The minimum absolute atomic E-state index is 0.217. The third-order valence-corrected chi connectivity index (χ3v) is 3.41. The standard InChI is InChI=1S/C13H11Cl2N3O/c1-7-5-11(17-6-10(7)16)18-13(19)8-3-2-4-9(14)12(8)15/h2-6H,16H2,1H3,(H,17,18,19). The molecule has 6 heteroatoms. The topological polar surface area (TPSA) is 68.0 Å². The third kappa shape index (κ3) is 2.97. The van der Waals surface area contributed by atoms with Crippen molar-refractivity contribution in [1.82, 2.24) is 4.98 Å². The lowest BCUT2D eigenvalue weighted by molar-refractivity contribution is 0.102. The van der Waals surface area contributed by atoms with E-state index in [1.54, 1.807) is 24.3 Å². The number of nitrogens with one attached hydrogen (secondary N) is 1. The van der Waals surface area contributed by atoms with Gasteiger partial charge in [-0.1, -0.05) is 29.3 Å². The van der Waals surface area contributed by atoms with Gasteiger partial charge >= 0.3 is 0 Å². The Hall–Kier alpha value is -1.78. The van der Waals surface area contributed by atoms with Gasteiger partial charge in [0.25, 0.3) is 5.91 Å². The van der Waals surface area contributed by atoms with Crippen molar-refractivity contribution in [1.29, 1.82) is 0 Å². The number of aromatic nitrogens is 1. The molecular formula is C13H11Cl2N3O. The molecule has 0 fully saturated rings. The molecule has 0 aliphatic rings. The zero-order valence-corrected chi connectivity index (χ0v) is 11.6. The van der Waals surface area contributed by atoms with E-state index in [1.807, 2.05) is 6.92 Å². The summed E-state index contributed by atoms with van der Waals surface area (Å²) < 4.78 is 0. The van der Waals surface area contributed by atoms with Crippen molar-refractivity contribution in [2.24, 2.45) is 0 Å². The van der Waals surface area contributed by atoms with Crippen LogP contribution in [0.25, 0.3) is 0 Å². The fourth-order valence-electron chi connectivity index (χ4n) is 1.50. The quantitative estimate of drug-likeness (QED) is 0.890. The van der Waals surface area contributed by atoms with Gasteiger partial charge in [-0.3, -0.25) is 4.79 Å². The molecule has 0 aliphatic heterocycles. The fraction of sp³-hybridized carbons (Fsp3) is 0.0769. The van der Waals surface area contributed by atoms with E-state index in [-0.39, 0.29) is 10.9 Å². The summed E-state index contributed by atoms with van der Waals surface area (Å²) in [5.41, 5.74) is 7.36. The predicted molar refractivity (Wildman–Crippen MR) is 77.8 cm³/mol. The van der Waals surface area contributed by atoms with Crippen LogP contribution in [-0.4, -0.2) is 10.9 Å². The van der Waals surface area contributed by atoms with Crippen molar-refractivity contribution >= 4 is 40.6 Å². The molecule has 0 saturated heterocycles. The Labute approximate surface area is 120 Å². The number of nitrogen functional groups attached to an aromatic ring is 1. The number of nitrogens with zero attached hydrogens (tertiary/aromatic N) is 1. The van der Waals surface area contributed by atoms with Crippen LogP contribution in [0.1, 0.15) is 15.9 Å². The monoisotopic (exact) mass is 295 g/mol. The number of amides is 1. The summed E-state index contributed by atoms with van der Waals surface area (Å²) >= 11 is 11.8. The molecule has 0 aliphatic carbocycles. The molecule has 0 bridgehead atoms. The first-order chi connectivity index (χ1) is 8.99. The number of carbonyl (C=O) groups excluding carboxylic acids is 1. The Balaban J connectivity index is 2.26. The Bertz CT molecular complexity index is 644. The molecule has 1 aromatic carbocycles. The van der Waals surface area contributed by atoms with E-state index in [2.05, 4.69) is 10.3 Å². The van der Waals surface area contributed by atoms with Crippen molar-refractivity contribution in [2.45, 2.75) is 6.92 Å². The molecule has 2 rings (SSSR count). The highest BCUT2D eigenvalue weighted by molar-refractivity contribution is 6.44. The van der Waals surface area contributed by atoms with Gasteiger partial charge in [0.05, 0.1) is 27.5 Å². The van der Waals surface area contributed by atoms with Gasteiger partial charge < -0.3 is 11.1 Å². The Morgan fingerprint density at radius 3 is 2.79 bits per heavy atom. The van der Waals surface area contributed by atoms with Crippen LogP contribution in [0, 0.1) is 6.92 Å². The number of benzene rings is 1. The Morgan fingerprint density at radius 2 is 2.11 bits per heavy atom. The van der Waals surface area contributed by atoms with E-state index in [4.69, 9.17) is 28.9 Å². The Morgan fingerprint density at radius 1 is 1.37 bits per heavy atom. The van der Waals surface area contributed by atoms with Crippen molar-refractivity contribution < 1.29 is 4.79 Å². The minimum Gasteiger partial charge on any atom is -0.397 e. The van der Waals surface area contributed by atoms with Gasteiger partial charge in [-0.05, 0) is 30.7 Å². The summed E-state index contributed by atoms with van der Waals surface area (Å²) in [5.74, 6) is 0.0388. The number of hydrogen-bond donors (Lipinski definition) is 2. The SMILES string of the molecule is Cc1cc(NC(=O)c2cccc(Cl)c2Cl)ncc1N. The first-order valence-electron chi connectivity index (χ1n) is 5.46. The molecule has 1 amide bonds. The lowest BCUT2D eigenvalue weighted by atomic mass is 10.2. The summed E-state index contributed by atoms with van der Waals surface area (Å²) in [6.07, 6.45) is 1.49. The van der Waals surface area contributed by atoms with E-state index in [1.165, 1.54) is 6.20 Å². The molecule has 0 radical (unpaired) electrons. The molecule has 1 aromatic heterocycles. The molecule has 4 nitrogen and oxygen atoms in total. The molecule has 0 spiro atoms. The molecule has 3 N–H and O–H groups in total. The van der Waals surface area contributed by atoms with Crippen LogP contribution < -0.4 is 11.1 Å². The summed E-state index contributed by atoms with van der Waals surface area (Å²) in [4.78, 5) is 16.1. The lowest BCUT2D eigenvalue weighted by Crippen LogP contribution is -2.14. The van der Waals surface area contributed by atoms with Gasteiger partial charge in [0.1, 0.15) is 5.82 Å². The molecule has 0 saturated carbocycles. The minimum atomic E-state index is -0.371.